The molecular formula is C19H29NO5. The van der Waals surface area contributed by atoms with E-state index in [-0.39, 0.29) is 11.8 Å². The lowest BCUT2D eigenvalue weighted by molar-refractivity contribution is -0.148. The molecule has 140 valence electrons. The average Bonchev–Trinajstić information content (AvgIpc) is 2.45. The number of hydrogen-bond donors (Lipinski definition) is 3. The van der Waals surface area contributed by atoms with Crippen molar-refractivity contribution in [2.75, 3.05) is 5.32 Å². The minimum Gasteiger partial charge on any atom is -0.481 e. The van der Waals surface area contributed by atoms with Crippen LogP contribution in [0.1, 0.15) is 53.0 Å². The molecule has 3 atom stereocenters. The Kier molecular flexibility index (Phi) is 6.99. The molecule has 0 spiro atoms. The van der Waals surface area contributed by atoms with Crippen LogP contribution in [-0.4, -0.2) is 34.0 Å². The zero-order valence-electron chi connectivity index (χ0n) is 15.7. The van der Waals surface area contributed by atoms with Gasteiger partial charge in [-0.2, -0.15) is 0 Å². The number of aliphatic hydroxyl groups excluding tert-OH is 1. The van der Waals surface area contributed by atoms with Crippen molar-refractivity contribution in [2.24, 2.45) is 11.8 Å². The molecule has 0 radical (unpaired) electrons. The summed E-state index contributed by atoms with van der Waals surface area (Å²) in [5.74, 6) is -2.45. The van der Waals surface area contributed by atoms with Gasteiger partial charge in [0, 0.05) is 5.69 Å². The summed E-state index contributed by atoms with van der Waals surface area (Å²) >= 11 is 0. The van der Waals surface area contributed by atoms with Gasteiger partial charge >= 0.3 is 12.1 Å². The van der Waals surface area contributed by atoms with Crippen LogP contribution < -0.4 is 5.32 Å². The van der Waals surface area contributed by atoms with Crippen molar-refractivity contribution in [3.05, 3.63) is 29.8 Å². The van der Waals surface area contributed by atoms with Crippen LogP contribution in [0.5, 0.6) is 0 Å². The number of carbonyl (C=O) groups is 2. The smallest absolute Gasteiger partial charge is 0.412 e. The number of benzene rings is 1. The largest absolute Gasteiger partial charge is 0.481 e. The number of carbonyl (C=O) groups excluding carboxylic acids is 1. The van der Waals surface area contributed by atoms with E-state index in [1.807, 2.05) is 0 Å². The number of anilines is 1. The molecular weight excluding hydrogens is 322 g/mol. The van der Waals surface area contributed by atoms with E-state index in [0.29, 0.717) is 5.69 Å². The highest BCUT2D eigenvalue weighted by atomic mass is 16.6. The molecule has 0 aliphatic rings. The minimum absolute atomic E-state index is 0.156. The van der Waals surface area contributed by atoms with Crippen molar-refractivity contribution < 1.29 is 24.5 Å². The number of aliphatic hydroxyl groups is 1. The molecule has 25 heavy (non-hydrogen) atoms. The Morgan fingerprint density at radius 3 is 2.00 bits per heavy atom. The molecule has 0 aromatic heterocycles. The standard InChI is InChI=1S/C19H29NO5/c1-11(2)16(21)15(17(22)23)12(3)13-7-9-14(10-8-13)20-18(24)25-19(4,5)6/h7-12,15-16,21H,1-6H3,(H,20,24)(H,22,23). The number of carboxylic acid groups (broad SMARTS) is 1. The Morgan fingerprint density at radius 1 is 1.08 bits per heavy atom. The van der Waals surface area contributed by atoms with Crippen molar-refractivity contribution in [3.8, 4) is 0 Å². The SMILES string of the molecule is CC(C)C(O)C(C(=O)O)C(C)c1ccc(NC(=O)OC(C)(C)C)cc1. The van der Waals surface area contributed by atoms with Gasteiger partial charge in [0.05, 0.1) is 12.0 Å². The van der Waals surface area contributed by atoms with E-state index in [1.54, 1.807) is 65.8 Å². The van der Waals surface area contributed by atoms with Crippen LogP contribution in [0.25, 0.3) is 0 Å². The molecule has 0 saturated carbocycles. The highest BCUT2D eigenvalue weighted by Crippen LogP contribution is 2.30. The third-order valence-corrected chi connectivity index (χ3v) is 3.96. The number of nitrogens with one attached hydrogen (secondary N) is 1. The maximum Gasteiger partial charge on any atom is 0.412 e. The number of carboxylic acids is 1. The second kappa shape index (κ2) is 8.34. The highest BCUT2D eigenvalue weighted by Gasteiger charge is 2.34. The number of hydrogen-bond acceptors (Lipinski definition) is 4. The van der Waals surface area contributed by atoms with Crippen LogP contribution >= 0.6 is 0 Å². The van der Waals surface area contributed by atoms with Crippen LogP contribution in [0.3, 0.4) is 0 Å². The van der Waals surface area contributed by atoms with Crippen molar-refractivity contribution >= 4 is 17.7 Å². The first-order valence-corrected chi connectivity index (χ1v) is 8.43. The first kappa shape index (κ1) is 21.0. The van der Waals surface area contributed by atoms with Gasteiger partial charge in [0.1, 0.15) is 5.60 Å². The molecule has 0 saturated heterocycles. The van der Waals surface area contributed by atoms with Crippen LogP contribution in [-0.2, 0) is 9.53 Å². The third-order valence-electron chi connectivity index (χ3n) is 3.96. The normalized spacial score (nSPS) is 15.4. The summed E-state index contributed by atoms with van der Waals surface area (Å²) in [6.07, 6.45) is -1.49. The van der Waals surface area contributed by atoms with E-state index in [0.717, 1.165) is 5.56 Å². The monoisotopic (exact) mass is 351 g/mol. The van der Waals surface area contributed by atoms with Gasteiger partial charge in [-0.15, -0.1) is 0 Å². The van der Waals surface area contributed by atoms with Gasteiger partial charge in [0.25, 0.3) is 0 Å². The summed E-state index contributed by atoms with van der Waals surface area (Å²) in [7, 11) is 0. The van der Waals surface area contributed by atoms with Crippen LogP contribution in [0.15, 0.2) is 24.3 Å². The zero-order chi connectivity index (χ0) is 19.4. The number of amides is 1. The van der Waals surface area contributed by atoms with E-state index in [1.165, 1.54) is 0 Å². The summed E-state index contributed by atoms with van der Waals surface area (Å²) in [5, 5.41) is 22.3. The summed E-state index contributed by atoms with van der Waals surface area (Å²) in [4.78, 5) is 23.3. The second-order valence-electron chi connectivity index (χ2n) is 7.64. The topological polar surface area (TPSA) is 95.9 Å². The fraction of sp³-hybridized carbons (Fsp3) is 0.579. The van der Waals surface area contributed by atoms with Gasteiger partial charge in [-0.05, 0) is 50.3 Å². The molecule has 6 heteroatoms. The number of rotatable bonds is 6. The summed E-state index contributed by atoms with van der Waals surface area (Å²) < 4.78 is 5.19. The maximum absolute atomic E-state index is 11.8. The lowest BCUT2D eigenvalue weighted by Gasteiger charge is -2.28. The van der Waals surface area contributed by atoms with E-state index in [2.05, 4.69) is 5.32 Å². The Hall–Kier alpha value is -2.08. The van der Waals surface area contributed by atoms with Gasteiger partial charge < -0.3 is 14.9 Å². The van der Waals surface area contributed by atoms with Gasteiger partial charge in [-0.25, -0.2) is 4.79 Å². The average molecular weight is 351 g/mol. The van der Waals surface area contributed by atoms with E-state index in [4.69, 9.17) is 4.74 Å². The van der Waals surface area contributed by atoms with E-state index < -0.39 is 29.7 Å². The summed E-state index contributed by atoms with van der Waals surface area (Å²) in [5.41, 5.74) is 0.753. The van der Waals surface area contributed by atoms with Crippen molar-refractivity contribution in [1.29, 1.82) is 0 Å². The predicted molar refractivity (Wildman–Crippen MR) is 96.7 cm³/mol. The first-order valence-electron chi connectivity index (χ1n) is 8.43. The van der Waals surface area contributed by atoms with Gasteiger partial charge in [-0.3, -0.25) is 10.1 Å². The maximum atomic E-state index is 11.8. The predicted octanol–water partition coefficient (Wildman–Crippen LogP) is 3.85. The second-order valence-corrected chi connectivity index (χ2v) is 7.64. The Labute approximate surface area is 149 Å². The Bertz CT molecular complexity index is 589. The molecule has 0 aliphatic carbocycles. The zero-order valence-corrected chi connectivity index (χ0v) is 15.7. The molecule has 1 amide bonds. The minimum atomic E-state index is -1.02. The lowest BCUT2D eigenvalue weighted by Crippen LogP contribution is -2.35. The van der Waals surface area contributed by atoms with Crippen LogP contribution in [0.4, 0.5) is 10.5 Å². The lowest BCUT2D eigenvalue weighted by atomic mass is 9.80. The van der Waals surface area contributed by atoms with Crippen molar-refractivity contribution in [3.63, 3.8) is 0 Å². The molecule has 3 N–H and O–H groups in total. The van der Waals surface area contributed by atoms with Crippen LogP contribution in [0, 0.1) is 11.8 Å². The third kappa shape index (κ3) is 6.38. The molecule has 6 nitrogen and oxygen atoms in total. The molecule has 1 rings (SSSR count). The summed E-state index contributed by atoms with van der Waals surface area (Å²) in [6, 6.07) is 6.88. The van der Waals surface area contributed by atoms with Gasteiger partial charge in [-0.1, -0.05) is 32.9 Å². The van der Waals surface area contributed by atoms with E-state index >= 15 is 0 Å². The molecule has 3 unspecified atom stereocenters. The Balaban J connectivity index is 2.87. The van der Waals surface area contributed by atoms with Crippen molar-refractivity contribution in [1.82, 2.24) is 0 Å². The fourth-order valence-corrected chi connectivity index (χ4v) is 2.57. The molecule has 1 aromatic carbocycles. The van der Waals surface area contributed by atoms with Crippen LogP contribution in [0.2, 0.25) is 0 Å². The summed E-state index contributed by atoms with van der Waals surface area (Å²) in [6.45, 7) is 10.7. The molecule has 0 aliphatic heterocycles. The fourth-order valence-electron chi connectivity index (χ4n) is 2.57. The molecule has 0 fully saturated rings. The molecule has 0 heterocycles. The number of ether oxygens (including phenoxy) is 1. The Morgan fingerprint density at radius 2 is 1.60 bits per heavy atom. The quantitative estimate of drug-likeness (QED) is 0.723. The number of aliphatic carboxylic acids is 1. The van der Waals surface area contributed by atoms with Crippen molar-refractivity contribution in [2.45, 2.75) is 59.2 Å². The van der Waals surface area contributed by atoms with E-state index in [9.17, 15) is 19.8 Å². The van der Waals surface area contributed by atoms with Gasteiger partial charge in [0.15, 0.2) is 0 Å². The molecule has 0 bridgehead atoms. The molecule has 1 aromatic rings. The van der Waals surface area contributed by atoms with Gasteiger partial charge in [0.2, 0.25) is 0 Å². The first-order chi connectivity index (χ1) is 11.4. The highest BCUT2D eigenvalue weighted by molar-refractivity contribution is 5.84.